The van der Waals surface area contributed by atoms with E-state index in [1.165, 1.54) is 16.7 Å². The van der Waals surface area contributed by atoms with Gasteiger partial charge in [-0.05, 0) is 54.8 Å². The maximum Gasteiger partial charge on any atom is 0.250 e. The van der Waals surface area contributed by atoms with Gasteiger partial charge in [-0.25, -0.2) is 4.39 Å². The van der Waals surface area contributed by atoms with Gasteiger partial charge in [0.2, 0.25) is 0 Å². The molecule has 0 spiro atoms. The van der Waals surface area contributed by atoms with Gasteiger partial charge in [0.25, 0.3) is 5.56 Å². The number of fused-ring (bicyclic) bond motifs is 3. The lowest BCUT2D eigenvalue weighted by molar-refractivity contribution is 0.0786. The average Bonchev–Trinajstić information content (AvgIpc) is 2.79. The highest BCUT2D eigenvalue weighted by Crippen LogP contribution is 2.36. The number of aliphatic hydroxyl groups is 1. The molecule has 1 aliphatic rings. The zero-order chi connectivity index (χ0) is 20.9. The third kappa shape index (κ3) is 3.52. The van der Waals surface area contributed by atoms with E-state index in [0.29, 0.717) is 17.8 Å². The van der Waals surface area contributed by atoms with Gasteiger partial charge in [-0.3, -0.25) is 9.79 Å². The molecular weight excluding hydrogens is 391 g/mol. The van der Waals surface area contributed by atoms with Gasteiger partial charge in [-0.2, -0.15) is 0 Å². The minimum absolute atomic E-state index is 0.123. The fourth-order valence-corrected chi connectivity index (χ4v) is 3.81. The van der Waals surface area contributed by atoms with Crippen molar-refractivity contribution < 1.29 is 9.50 Å². The van der Waals surface area contributed by atoms with Crippen LogP contribution in [0.5, 0.6) is 0 Å². The molecule has 3 aromatic rings. The molecule has 148 valence electrons. The van der Waals surface area contributed by atoms with Crippen LogP contribution in [-0.4, -0.2) is 15.4 Å². The Labute approximate surface area is 172 Å². The first-order valence-corrected chi connectivity index (χ1v) is 9.60. The number of rotatable bonds is 2. The van der Waals surface area contributed by atoms with Crippen LogP contribution >= 0.6 is 11.6 Å². The summed E-state index contributed by atoms with van der Waals surface area (Å²) < 4.78 is 15.1. The smallest absolute Gasteiger partial charge is 0.250 e. The summed E-state index contributed by atoms with van der Waals surface area (Å²) in [6, 6.07) is 11.4. The van der Waals surface area contributed by atoms with Crippen molar-refractivity contribution in [2.45, 2.75) is 26.0 Å². The predicted molar refractivity (Wildman–Crippen MR) is 113 cm³/mol. The van der Waals surface area contributed by atoms with Crippen LogP contribution in [0.15, 0.2) is 58.4 Å². The highest BCUT2D eigenvalue weighted by Gasteiger charge is 2.24. The van der Waals surface area contributed by atoms with Crippen molar-refractivity contribution in [1.29, 1.82) is 0 Å². The first kappa shape index (κ1) is 19.6. The molecule has 0 unspecified atom stereocenters. The molecule has 1 aromatic heterocycles. The molecule has 4 rings (SSSR count). The normalized spacial score (nSPS) is 13.4. The molecule has 1 aliphatic heterocycles. The number of pyridine rings is 1. The van der Waals surface area contributed by atoms with Gasteiger partial charge in [-0.15, -0.1) is 0 Å². The number of halogens is 2. The van der Waals surface area contributed by atoms with Crippen LogP contribution in [-0.2, 0) is 19.2 Å². The van der Waals surface area contributed by atoms with E-state index in [1.807, 2.05) is 18.2 Å². The Balaban J connectivity index is 2.04. The Bertz CT molecular complexity index is 1220. The summed E-state index contributed by atoms with van der Waals surface area (Å²) >= 11 is 6.33. The largest absolute Gasteiger partial charge is 0.386 e. The molecule has 4 nitrogen and oxygen atoms in total. The SMILES string of the molecule is Cn1cc2c(cc1=O)CN=C(c1ccc(F)cc1Cl)c1ccc(C(C)(C)O)cc1-2. The van der Waals surface area contributed by atoms with Crippen LogP contribution in [0.1, 0.15) is 36.1 Å². The van der Waals surface area contributed by atoms with Crippen LogP contribution < -0.4 is 5.56 Å². The van der Waals surface area contributed by atoms with E-state index in [4.69, 9.17) is 16.6 Å². The second-order valence-corrected chi connectivity index (χ2v) is 8.18. The molecule has 29 heavy (non-hydrogen) atoms. The summed E-state index contributed by atoms with van der Waals surface area (Å²) in [5.74, 6) is -0.420. The molecule has 1 N–H and O–H groups in total. The van der Waals surface area contributed by atoms with Gasteiger partial charge >= 0.3 is 0 Å². The van der Waals surface area contributed by atoms with Crippen molar-refractivity contribution in [2.75, 3.05) is 0 Å². The van der Waals surface area contributed by atoms with E-state index in [-0.39, 0.29) is 10.6 Å². The average molecular weight is 411 g/mol. The van der Waals surface area contributed by atoms with Crippen LogP contribution in [0.3, 0.4) is 0 Å². The van der Waals surface area contributed by atoms with Crippen LogP contribution in [0.4, 0.5) is 4.39 Å². The number of hydrogen-bond acceptors (Lipinski definition) is 3. The highest BCUT2D eigenvalue weighted by atomic mass is 35.5. The van der Waals surface area contributed by atoms with Gasteiger partial charge in [-0.1, -0.05) is 23.7 Å². The van der Waals surface area contributed by atoms with E-state index in [9.17, 15) is 14.3 Å². The fraction of sp³-hybridized carbons (Fsp3) is 0.217. The molecule has 0 bridgehead atoms. The lowest BCUT2D eigenvalue weighted by atomic mass is 9.88. The number of hydrogen-bond donors (Lipinski definition) is 1. The lowest BCUT2D eigenvalue weighted by Gasteiger charge is -2.21. The summed E-state index contributed by atoms with van der Waals surface area (Å²) in [7, 11) is 1.70. The van der Waals surface area contributed by atoms with E-state index in [1.54, 1.807) is 39.2 Å². The number of nitrogens with zero attached hydrogens (tertiary/aromatic N) is 2. The van der Waals surface area contributed by atoms with E-state index in [0.717, 1.165) is 27.8 Å². The topological polar surface area (TPSA) is 54.6 Å². The maximum atomic E-state index is 13.6. The number of aromatic nitrogens is 1. The van der Waals surface area contributed by atoms with Crippen LogP contribution in [0, 0.1) is 5.82 Å². The minimum atomic E-state index is -1.03. The van der Waals surface area contributed by atoms with Gasteiger partial charge < -0.3 is 9.67 Å². The van der Waals surface area contributed by atoms with E-state index >= 15 is 0 Å². The zero-order valence-electron chi connectivity index (χ0n) is 16.3. The standard InChI is InChI=1S/C23H20ClFN2O2/c1-23(2,29)14-4-6-16-18(9-14)19-12-27(3)21(28)8-13(19)11-26-22(16)17-7-5-15(25)10-20(17)24/h4-10,12,29H,11H2,1-3H3. The second-order valence-electron chi connectivity index (χ2n) is 7.77. The molecule has 6 heteroatoms. The Hall–Kier alpha value is -2.76. The van der Waals surface area contributed by atoms with E-state index < -0.39 is 11.4 Å². The second kappa shape index (κ2) is 6.94. The summed E-state index contributed by atoms with van der Waals surface area (Å²) in [6.45, 7) is 3.73. The molecule has 0 aliphatic carbocycles. The molecule has 0 saturated carbocycles. The molecule has 2 aromatic carbocycles. The van der Waals surface area contributed by atoms with Gasteiger partial charge in [0.15, 0.2) is 0 Å². The molecular formula is C23H20ClFN2O2. The van der Waals surface area contributed by atoms with Crippen molar-refractivity contribution >= 4 is 17.3 Å². The predicted octanol–water partition coefficient (Wildman–Crippen LogP) is 4.42. The highest BCUT2D eigenvalue weighted by molar-refractivity contribution is 6.36. The van der Waals surface area contributed by atoms with Crippen LogP contribution in [0.25, 0.3) is 11.1 Å². The quantitative estimate of drug-likeness (QED) is 0.679. The van der Waals surface area contributed by atoms with Gasteiger partial charge in [0.1, 0.15) is 5.82 Å². The van der Waals surface area contributed by atoms with Crippen molar-refractivity contribution in [1.82, 2.24) is 4.57 Å². The van der Waals surface area contributed by atoms with Crippen molar-refractivity contribution in [2.24, 2.45) is 12.0 Å². The number of aliphatic imine (C=N–C) groups is 1. The molecule has 0 amide bonds. The Morgan fingerprint density at radius 3 is 2.48 bits per heavy atom. The Morgan fingerprint density at radius 2 is 1.79 bits per heavy atom. The molecule has 0 radical (unpaired) electrons. The molecule has 0 fully saturated rings. The number of aryl methyl sites for hydroxylation is 1. The molecule has 0 saturated heterocycles. The molecule has 2 heterocycles. The van der Waals surface area contributed by atoms with Crippen molar-refractivity contribution in [3.05, 3.63) is 92.1 Å². The summed E-state index contributed by atoms with van der Waals surface area (Å²) in [5.41, 5.74) is 4.12. The Morgan fingerprint density at radius 1 is 1.07 bits per heavy atom. The minimum Gasteiger partial charge on any atom is -0.386 e. The van der Waals surface area contributed by atoms with Gasteiger partial charge in [0, 0.05) is 36.0 Å². The van der Waals surface area contributed by atoms with E-state index in [2.05, 4.69) is 0 Å². The summed E-state index contributed by atoms with van der Waals surface area (Å²) in [6.07, 6.45) is 1.79. The van der Waals surface area contributed by atoms with Crippen LogP contribution in [0.2, 0.25) is 5.02 Å². The third-order valence-electron chi connectivity index (χ3n) is 5.18. The summed E-state index contributed by atoms with van der Waals surface area (Å²) in [4.78, 5) is 16.9. The lowest BCUT2D eigenvalue weighted by Crippen LogP contribution is -2.18. The first-order valence-electron chi connectivity index (χ1n) is 9.22. The van der Waals surface area contributed by atoms with Crippen molar-refractivity contribution in [3.8, 4) is 11.1 Å². The first-order chi connectivity index (χ1) is 13.6. The van der Waals surface area contributed by atoms with Gasteiger partial charge in [0.05, 0.1) is 22.9 Å². The zero-order valence-corrected chi connectivity index (χ0v) is 17.1. The third-order valence-corrected chi connectivity index (χ3v) is 5.49. The maximum absolute atomic E-state index is 13.6. The number of benzene rings is 2. The summed E-state index contributed by atoms with van der Waals surface area (Å²) in [5, 5.41) is 10.8. The molecule has 0 atom stereocenters. The van der Waals surface area contributed by atoms with Crippen molar-refractivity contribution in [3.63, 3.8) is 0 Å². The fourth-order valence-electron chi connectivity index (χ4n) is 3.56. The monoisotopic (exact) mass is 410 g/mol. The Kier molecular flexibility index (Phi) is 4.68.